The van der Waals surface area contributed by atoms with Gasteiger partial charge in [0, 0.05) is 5.56 Å². The lowest BCUT2D eigenvalue weighted by Crippen LogP contribution is -2.17. The van der Waals surface area contributed by atoms with Crippen molar-refractivity contribution in [1.29, 1.82) is 0 Å². The van der Waals surface area contributed by atoms with Crippen molar-refractivity contribution < 1.29 is 13.2 Å². The van der Waals surface area contributed by atoms with Gasteiger partial charge >= 0.3 is 0 Å². The Balaban J connectivity index is 2.31. The summed E-state index contributed by atoms with van der Waals surface area (Å²) < 4.78 is 25.2. The minimum Gasteiger partial charge on any atom is -0.320 e. The van der Waals surface area contributed by atoms with Gasteiger partial charge in [-0.15, -0.1) is 0 Å². The lowest BCUT2D eigenvalue weighted by molar-refractivity contribution is 0.102. The highest BCUT2D eigenvalue weighted by Crippen LogP contribution is 2.23. The van der Waals surface area contributed by atoms with Crippen LogP contribution in [0.4, 0.5) is 11.4 Å². The molecular formula is C16H18N2O3S. The van der Waals surface area contributed by atoms with Crippen molar-refractivity contribution in [3.63, 3.8) is 0 Å². The van der Waals surface area contributed by atoms with Crippen LogP contribution < -0.4 is 10.0 Å². The van der Waals surface area contributed by atoms with Gasteiger partial charge in [0.15, 0.2) is 0 Å². The van der Waals surface area contributed by atoms with E-state index in [0.717, 1.165) is 17.4 Å². The van der Waals surface area contributed by atoms with E-state index in [1.807, 2.05) is 26.0 Å². The summed E-state index contributed by atoms with van der Waals surface area (Å²) in [5.74, 6) is -0.274. The van der Waals surface area contributed by atoms with Crippen molar-refractivity contribution in [2.24, 2.45) is 0 Å². The zero-order valence-corrected chi connectivity index (χ0v) is 13.5. The van der Waals surface area contributed by atoms with Crippen LogP contribution in [0.3, 0.4) is 0 Å². The first-order valence-corrected chi connectivity index (χ1v) is 8.61. The number of hydrogen-bond acceptors (Lipinski definition) is 3. The average Bonchev–Trinajstić information content (AvgIpc) is 2.42. The van der Waals surface area contributed by atoms with Gasteiger partial charge in [-0.2, -0.15) is 0 Å². The predicted octanol–water partition coefficient (Wildman–Crippen LogP) is 2.93. The van der Waals surface area contributed by atoms with Crippen molar-refractivity contribution in [3.8, 4) is 0 Å². The second-order valence-electron chi connectivity index (χ2n) is 5.19. The summed E-state index contributed by atoms with van der Waals surface area (Å²) in [4.78, 5) is 12.4. The molecule has 2 N–H and O–H groups in total. The first-order valence-electron chi connectivity index (χ1n) is 6.72. The Bertz CT molecular complexity index is 814. The fourth-order valence-corrected chi connectivity index (χ4v) is 2.63. The quantitative estimate of drug-likeness (QED) is 0.910. The van der Waals surface area contributed by atoms with Crippen LogP contribution in [0.5, 0.6) is 0 Å². The third-order valence-corrected chi connectivity index (χ3v) is 3.70. The van der Waals surface area contributed by atoms with Crippen LogP contribution in [-0.4, -0.2) is 20.6 Å². The van der Waals surface area contributed by atoms with Crippen molar-refractivity contribution in [3.05, 3.63) is 59.2 Å². The molecule has 0 aromatic heterocycles. The summed E-state index contributed by atoms with van der Waals surface area (Å²) in [7, 11) is -3.42. The highest BCUT2D eigenvalue weighted by molar-refractivity contribution is 7.92. The van der Waals surface area contributed by atoms with E-state index in [9.17, 15) is 13.2 Å². The second-order valence-corrected chi connectivity index (χ2v) is 6.94. The third kappa shape index (κ3) is 4.08. The maximum Gasteiger partial charge on any atom is 0.255 e. The highest BCUT2D eigenvalue weighted by atomic mass is 32.2. The number of aryl methyl sites for hydroxylation is 2. The second kappa shape index (κ2) is 6.19. The average molecular weight is 318 g/mol. The molecule has 0 bridgehead atoms. The van der Waals surface area contributed by atoms with E-state index < -0.39 is 10.0 Å². The van der Waals surface area contributed by atoms with Crippen LogP contribution in [0, 0.1) is 13.8 Å². The van der Waals surface area contributed by atoms with Gasteiger partial charge in [0.2, 0.25) is 10.0 Å². The highest BCUT2D eigenvalue weighted by Gasteiger charge is 2.13. The summed E-state index contributed by atoms with van der Waals surface area (Å²) in [6.07, 6.45) is 1.07. The molecule has 5 nitrogen and oxygen atoms in total. The van der Waals surface area contributed by atoms with E-state index in [-0.39, 0.29) is 5.91 Å². The molecule has 2 rings (SSSR count). The molecule has 0 spiro atoms. The molecule has 2 aromatic rings. The standard InChI is InChI=1S/C16H18N2O3S/c1-11-8-9-12(2)13(10-11)16(19)17-14-6-4-5-7-15(14)18-22(3,20)21/h4-10,18H,1-3H3,(H,17,19). The lowest BCUT2D eigenvalue weighted by atomic mass is 10.0. The zero-order chi connectivity index (χ0) is 16.3. The Morgan fingerprint density at radius 2 is 1.64 bits per heavy atom. The summed E-state index contributed by atoms with van der Waals surface area (Å²) >= 11 is 0. The molecule has 0 saturated carbocycles. The van der Waals surface area contributed by atoms with Gasteiger partial charge in [-0.25, -0.2) is 8.42 Å². The Morgan fingerprint density at radius 1 is 1.00 bits per heavy atom. The van der Waals surface area contributed by atoms with E-state index in [0.29, 0.717) is 16.9 Å². The van der Waals surface area contributed by atoms with Crippen LogP contribution in [-0.2, 0) is 10.0 Å². The third-order valence-electron chi connectivity index (χ3n) is 3.11. The number of nitrogens with one attached hydrogen (secondary N) is 2. The van der Waals surface area contributed by atoms with Gasteiger partial charge in [-0.3, -0.25) is 9.52 Å². The number of para-hydroxylation sites is 2. The topological polar surface area (TPSA) is 75.3 Å². The van der Waals surface area contributed by atoms with Crippen LogP contribution in [0.25, 0.3) is 0 Å². The fraction of sp³-hybridized carbons (Fsp3) is 0.188. The smallest absolute Gasteiger partial charge is 0.255 e. The van der Waals surface area contributed by atoms with Gasteiger partial charge in [0.25, 0.3) is 5.91 Å². The van der Waals surface area contributed by atoms with Gasteiger partial charge in [-0.05, 0) is 37.6 Å². The molecule has 0 atom stereocenters. The molecule has 1 amide bonds. The first-order chi connectivity index (χ1) is 10.3. The molecule has 22 heavy (non-hydrogen) atoms. The molecule has 0 saturated heterocycles. The van der Waals surface area contributed by atoms with E-state index in [1.165, 1.54) is 0 Å². The van der Waals surface area contributed by atoms with Crippen molar-refractivity contribution in [2.45, 2.75) is 13.8 Å². The van der Waals surface area contributed by atoms with Gasteiger partial charge < -0.3 is 5.32 Å². The number of hydrogen-bond donors (Lipinski definition) is 2. The van der Waals surface area contributed by atoms with E-state index >= 15 is 0 Å². The van der Waals surface area contributed by atoms with Crippen molar-refractivity contribution in [1.82, 2.24) is 0 Å². The Labute approximate surface area is 130 Å². The number of benzene rings is 2. The molecule has 6 heteroatoms. The van der Waals surface area contributed by atoms with E-state index in [4.69, 9.17) is 0 Å². The monoisotopic (exact) mass is 318 g/mol. The van der Waals surface area contributed by atoms with Crippen molar-refractivity contribution in [2.75, 3.05) is 16.3 Å². The predicted molar refractivity (Wildman–Crippen MR) is 88.8 cm³/mol. The molecule has 0 fully saturated rings. The van der Waals surface area contributed by atoms with Gasteiger partial charge in [0.05, 0.1) is 17.6 Å². The number of sulfonamides is 1. The molecule has 0 aliphatic heterocycles. The van der Waals surface area contributed by atoms with Gasteiger partial charge in [-0.1, -0.05) is 29.8 Å². The number of carbonyl (C=O) groups excluding carboxylic acids is 1. The molecular weight excluding hydrogens is 300 g/mol. The summed E-state index contributed by atoms with van der Waals surface area (Å²) in [5, 5.41) is 2.75. The van der Waals surface area contributed by atoms with Crippen LogP contribution in [0.1, 0.15) is 21.5 Å². The molecule has 2 aromatic carbocycles. The molecule has 116 valence electrons. The van der Waals surface area contributed by atoms with Crippen LogP contribution in [0.2, 0.25) is 0 Å². The first kappa shape index (κ1) is 16.0. The Morgan fingerprint density at radius 3 is 2.27 bits per heavy atom. The summed E-state index contributed by atoms with van der Waals surface area (Å²) in [6, 6.07) is 12.3. The molecule has 0 unspecified atom stereocenters. The maximum atomic E-state index is 12.4. The SMILES string of the molecule is Cc1ccc(C)c(C(=O)Nc2ccccc2NS(C)(=O)=O)c1. The number of carbonyl (C=O) groups is 1. The molecule has 0 aliphatic carbocycles. The fourth-order valence-electron chi connectivity index (χ4n) is 2.05. The minimum atomic E-state index is -3.42. The van der Waals surface area contributed by atoms with Crippen LogP contribution >= 0.6 is 0 Å². The zero-order valence-electron chi connectivity index (χ0n) is 12.7. The number of amides is 1. The number of rotatable bonds is 4. The Kier molecular flexibility index (Phi) is 4.51. The Hall–Kier alpha value is -2.34. The van der Waals surface area contributed by atoms with Gasteiger partial charge in [0.1, 0.15) is 0 Å². The van der Waals surface area contributed by atoms with E-state index in [1.54, 1.807) is 30.3 Å². The van der Waals surface area contributed by atoms with Crippen LogP contribution in [0.15, 0.2) is 42.5 Å². The minimum absolute atomic E-state index is 0.274. The molecule has 0 radical (unpaired) electrons. The maximum absolute atomic E-state index is 12.4. The normalized spacial score (nSPS) is 11.0. The van der Waals surface area contributed by atoms with E-state index in [2.05, 4.69) is 10.0 Å². The molecule has 0 aliphatic rings. The molecule has 0 heterocycles. The van der Waals surface area contributed by atoms with Crippen molar-refractivity contribution >= 4 is 27.3 Å². The summed E-state index contributed by atoms with van der Waals surface area (Å²) in [5.41, 5.74) is 3.16. The largest absolute Gasteiger partial charge is 0.320 e. The summed E-state index contributed by atoms with van der Waals surface area (Å²) in [6.45, 7) is 3.77. The number of anilines is 2. The lowest BCUT2D eigenvalue weighted by Gasteiger charge is -2.13.